The molecule has 0 fully saturated rings. The van der Waals surface area contributed by atoms with Crippen molar-refractivity contribution in [2.75, 3.05) is 6.61 Å². The SMILES string of the molecule is CC(C)n1cc(-c2cnn(COCC[Si](C)(C)C)c2)c2cc(Br)ccc21. The van der Waals surface area contributed by atoms with Crippen LogP contribution in [-0.4, -0.2) is 29.0 Å². The van der Waals surface area contributed by atoms with Gasteiger partial charge in [0.2, 0.25) is 0 Å². The lowest BCUT2D eigenvalue weighted by Gasteiger charge is -2.15. The summed E-state index contributed by atoms with van der Waals surface area (Å²) in [4.78, 5) is 0. The molecule has 4 nitrogen and oxygen atoms in total. The molecule has 26 heavy (non-hydrogen) atoms. The monoisotopic (exact) mass is 433 g/mol. The third-order valence-corrected chi connectivity index (χ3v) is 6.71. The lowest BCUT2D eigenvalue weighted by atomic mass is 10.1. The molecular weight excluding hydrogens is 406 g/mol. The Morgan fingerprint density at radius 2 is 1.96 bits per heavy atom. The Morgan fingerprint density at radius 1 is 1.19 bits per heavy atom. The van der Waals surface area contributed by atoms with Gasteiger partial charge in [-0.15, -0.1) is 0 Å². The Labute approximate surface area is 165 Å². The van der Waals surface area contributed by atoms with Crippen LogP contribution >= 0.6 is 15.9 Å². The first kappa shape index (κ1) is 19.4. The van der Waals surface area contributed by atoms with Gasteiger partial charge in [-0.05, 0) is 38.1 Å². The molecule has 0 radical (unpaired) electrons. The molecule has 0 atom stereocenters. The molecule has 140 valence electrons. The number of halogens is 1. The average Bonchev–Trinajstić information content (AvgIpc) is 3.14. The van der Waals surface area contributed by atoms with Crippen LogP contribution in [0.5, 0.6) is 0 Å². The van der Waals surface area contributed by atoms with Gasteiger partial charge in [-0.2, -0.15) is 5.10 Å². The first-order chi connectivity index (χ1) is 12.2. The van der Waals surface area contributed by atoms with E-state index in [-0.39, 0.29) is 0 Å². The van der Waals surface area contributed by atoms with E-state index in [1.54, 1.807) is 0 Å². The Kier molecular flexibility index (Phi) is 5.74. The minimum absolute atomic E-state index is 0.410. The minimum Gasteiger partial charge on any atom is -0.360 e. The number of hydrogen-bond donors (Lipinski definition) is 0. The number of nitrogens with zero attached hydrogens (tertiary/aromatic N) is 3. The van der Waals surface area contributed by atoms with E-state index in [2.05, 4.69) is 89.7 Å². The lowest BCUT2D eigenvalue weighted by molar-refractivity contribution is 0.0786. The molecule has 0 aliphatic carbocycles. The van der Waals surface area contributed by atoms with Gasteiger partial charge in [0.05, 0.1) is 6.20 Å². The molecule has 0 aliphatic heterocycles. The van der Waals surface area contributed by atoms with Gasteiger partial charge in [0.1, 0.15) is 6.73 Å². The first-order valence-electron chi connectivity index (χ1n) is 9.15. The fourth-order valence-electron chi connectivity index (χ4n) is 2.99. The molecule has 1 aromatic carbocycles. The molecule has 2 aromatic heterocycles. The number of benzene rings is 1. The minimum atomic E-state index is -1.05. The van der Waals surface area contributed by atoms with Crippen molar-refractivity contribution in [1.29, 1.82) is 0 Å². The fraction of sp³-hybridized carbons (Fsp3) is 0.450. The van der Waals surface area contributed by atoms with Crippen LogP contribution in [-0.2, 0) is 11.5 Å². The summed E-state index contributed by atoms with van der Waals surface area (Å²) in [7, 11) is -1.05. The van der Waals surface area contributed by atoms with Gasteiger partial charge >= 0.3 is 0 Å². The van der Waals surface area contributed by atoms with E-state index in [4.69, 9.17) is 4.74 Å². The number of fused-ring (bicyclic) bond motifs is 1. The van der Waals surface area contributed by atoms with E-state index in [0.717, 1.165) is 16.6 Å². The van der Waals surface area contributed by atoms with Crippen LogP contribution < -0.4 is 0 Å². The van der Waals surface area contributed by atoms with Crippen molar-refractivity contribution < 1.29 is 4.74 Å². The second kappa shape index (κ2) is 7.70. The van der Waals surface area contributed by atoms with Crippen LogP contribution in [0.25, 0.3) is 22.0 Å². The molecule has 3 aromatic rings. The highest BCUT2D eigenvalue weighted by molar-refractivity contribution is 9.10. The zero-order chi connectivity index (χ0) is 18.9. The summed E-state index contributed by atoms with van der Waals surface area (Å²) in [6.07, 6.45) is 6.24. The number of hydrogen-bond acceptors (Lipinski definition) is 2. The molecule has 0 amide bonds. The quantitative estimate of drug-likeness (QED) is 0.329. The highest BCUT2D eigenvalue weighted by Crippen LogP contribution is 2.34. The summed E-state index contributed by atoms with van der Waals surface area (Å²) >= 11 is 3.60. The molecule has 0 unspecified atom stereocenters. The molecule has 0 bridgehead atoms. The smallest absolute Gasteiger partial charge is 0.139 e. The van der Waals surface area contributed by atoms with Crippen molar-refractivity contribution in [2.45, 2.75) is 52.3 Å². The Hall–Kier alpha value is -1.37. The first-order valence-corrected chi connectivity index (χ1v) is 13.7. The van der Waals surface area contributed by atoms with Gasteiger partial charge in [0.15, 0.2) is 0 Å². The lowest BCUT2D eigenvalue weighted by Crippen LogP contribution is -2.22. The average molecular weight is 434 g/mol. The zero-order valence-corrected chi connectivity index (χ0v) is 18.9. The van der Waals surface area contributed by atoms with Crippen molar-refractivity contribution >= 4 is 34.9 Å². The van der Waals surface area contributed by atoms with Crippen LogP contribution in [0.2, 0.25) is 25.7 Å². The third-order valence-electron chi connectivity index (χ3n) is 4.52. The maximum atomic E-state index is 5.82. The summed E-state index contributed by atoms with van der Waals surface area (Å²) in [5.41, 5.74) is 3.59. The van der Waals surface area contributed by atoms with Crippen molar-refractivity contribution in [3.63, 3.8) is 0 Å². The molecule has 6 heteroatoms. The van der Waals surface area contributed by atoms with Crippen molar-refractivity contribution in [3.05, 3.63) is 41.3 Å². The molecule has 0 saturated heterocycles. The Balaban J connectivity index is 1.82. The zero-order valence-electron chi connectivity index (χ0n) is 16.3. The molecule has 3 rings (SSSR count). The van der Waals surface area contributed by atoms with Crippen molar-refractivity contribution in [3.8, 4) is 11.1 Å². The Bertz CT molecular complexity index is 892. The summed E-state index contributed by atoms with van der Waals surface area (Å²) in [5.74, 6) is 0. The van der Waals surface area contributed by atoms with Gasteiger partial charge in [-0.25, -0.2) is 4.68 Å². The van der Waals surface area contributed by atoms with E-state index in [9.17, 15) is 0 Å². The third kappa shape index (κ3) is 4.48. The number of rotatable bonds is 7. The van der Waals surface area contributed by atoms with E-state index < -0.39 is 8.07 Å². The van der Waals surface area contributed by atoms with Gasteiger partial charge in [0.25, 0.3) is 0 Å². The van der Waals surface area contributed by atoms with Crippen LogP contribution in [0.15, 0.2) is 41.3 Å². The summed E-state index contributed by atoms with van der Waals surface area (Å²) in [6, 6.07) is 8.04. The predicted octanol–water partition coefficient (Wildman–Crippen LogP) is 6.16. The number of aromatic nitrogens is 3. The summed E-state index contributed by atoms with van der Waals surface area (Å²) < 4.78 is 11.1. The largest absolute Gasteiger partial charge is 0.360 e. The fourth-order valence-corrected chi connectivity index (χ4v) is 4.11. The summed E-state index contributed by atoms with van der Waals surface area (Å²) in [5, 5.41) is 5.73. The van der Waals surface area contributed by atoms with E-state index in [1.807, 2.05) is 10.9 Å². The highest BCUT2D eigenvalue weighted by Gasteiger charge is 2.15. The molecule has 0 N–H and O–H groups in total. The molecular formula is C20H28BrN3OSi. The van der Waals surface area contributed by atoms with Gasteiger partial charge < -0.3 is 9.30 Å². The van der Waals surface area contributed by atoms with Crippen LogP contribution in [0.3, 0.4) is 0 Å². The topological polar surface area (TPSA) is 32.0 Å². The van der Waals surface area contributed by atoms with E-state index in [1.165, 1.54) is 22.5 Å². The highest BCUT2D eigenvalue weighted by atomic mass is 79.9. The standard InChI is InChI=1S/C20H28BrN3OSi/c1-15(2)24-13-19(18-10-17(21)6-7-20(18)24)16-11-22-23(12-16)14-25-8-9-26(3,4)5/h6-7,10-13,15H,8-9,14H2,1-5H3. The Morgan fingerprint density at radius 3 is 2.65 bits per heavy atom. The van der Waals surface area contributed by atoms with Gasteiger partial charge in [-0.1, -0.05) is 35.6 Å². The normalized spacial score (nSPS) is 12.4. The molecule has 0 aliphatic rings. The second-order valence-electron chi connectivity index (χ2n) is 8.32. The van der Waals surface area contributed by atoms with E-state index in [0.29, 0.717) is 12.8 Å². The van der Waals surface area contributed by atoms with Gasteiger partial charge in [-0.3, -0.25) is 0 Å². The van der Waals surface area contributed by atoms with Crippen LogP contribution in [0, 0.1) is 0 Å². The number of ether oxygens (including phenoxy) is 1. The predicted molar refractivity (Wildman–Crippen MR) is 115 cm³/mol. The molecule has 0 saturated carbocycles. The molecule has 0 spiro atoms. The van der Waals surface area contributed by atoms with Gasteiger partial charge in [0, 0.05) is 59.6 Å². The van der Waals surface area contributed by atoms with Crippen molar-refractivity contribution in [1.82, 2.24) is 14.3 Å². The second-order valence-corrected chi connectivity index (χ2v) is 14.9. The molecule has 2 heterocycles. The maximum absolute atomic E-state index is 5.82. The van der Waals surface area contributed by atoms with Crippen LogP contribution in [0.1, 0.15) is 19.9 Å². The summed E-state index contributed by atoms with van der Waals surface area (Å²) in [6.45, 7) is 12.8. The van der Waals surface area contributed by atoms with Crippen LogP contribution in [0.4, 0.5) is 0 Å². The van der Waals surface area contributed by atoms with Crippen molar-refractivity contribution in [2.24, 2.45) is 0 Å². The van der Waals surface area contributed by atoms with E-state index >= 15 is 0 Å². The maximum Gasteiger partial charge on any atom is 0.139 e.